The molecule has 1 atom stereocenters. The van der Waals surface area contributed by atoms with Crippen LogP contribution in [0.1, 0.15) is 12.2 Å². The average molecular weight is 386 g/mol. The number of oxazole rings is 1. The molecule has 1 amide bonds. The molecular weight excluding hydrogens is 368 g/mol. The van der Waals surface area contributed by atoms with Crippen molar-refractivity contribution in [2.75, 3.05) is 18.8 Å². The number of para-hydroxylation sites is 2. The molecule has 1 saturated heterocycles. The van der Waals surface area contributed by atoms with Gasteiger partial charge in [0, 0.05) is 19.0 Å². The zero-order chi connectivity index (χ0) is 18.8. The Bertz CT molecular complexity index is 995. The van der Waals surface area contributed by atoms with Crippen LogP contribution in [-0.2, 0) is 4.79 Å². The molecule has 0 bridgehead atoms. The number of aromatic nitrogens is 1. The Morgan fingerprint density at radius 2 is 2.19 bits per heavy atom. The summed E-state index contributed by atoms with van der Waals surface area (Å²) in [5.74, 6) is 1.24. The minimum atomic E-state index is -0.439. The number of likely N-dealkylation sites (tertiary alicyclic amines) is 1. The summed E-state index contributed by atoms with van der Waals surface area (Å²) in [6, 6.07) is 10.5. The highest BCUT2D eigenvalue weighted by Crippen LogP contribution is 2.24. The molecule has 8 heteroatoms. The molecule has 4 rings (SSSR count). The van der Waals surface area contributed by atoms with E-state index in [0.29, 0.717) is 35.4 Å². The highest BCUT2D eigenvalue weighted by atomic mass is 32.2. The number of nitrogens with zero attached hydrogens (tertiary/aromatic N) is 2. The number of thioether (sulfide) groups is 1. The van der Waals surface area contributed by atoms with Crippen LogP contribution in [0.15, 0.2) is 55.2 Å². The van der Waals surface area contributed by atoms with E-state index in [-0.39, 0.29) is 17.8 Å². The lowest BCUT2D eigenvalue weighted by atomic mass is 10.3. The van der Waals surface area contributed by atoms with Crippen LogP contribution in [0.4, 0.5) is 0 Å². The van der Waals surface area contributed by atoms with E-state index in [9.17, 15) is 9.59 Å². The summed E-state index contributed by atoms with van der Waals surface area (Å²) in [6.07, 6.45) is 0.586. The largest absolute Gasteiger partial charge is 0.488 e. The quantitative estimate of drug-likeness (QED) is 0.623. The van der Waals surface area contributed by atoms with Crippen molar-refractivity contribution in [3.8, 4) is 5.75 Å². The molecule has 0 aliphatic carbocycles. The minimum Gasteiger partial charge on any atom is -0.488 e. The van der Waals surface area contributed by atoms with Gasteiger partial charge in [0.15, 0.2) is 5.58 Å². The van der Waals surface area contributed by atoms with Crippen molar-refractivity contribution < 1.29 is 18.4 Å². The molecule has 0 radical (unpaired) electrons. The normalized spacial score (nSPS) is 16.8. The van der Waals surface area contributed by atoms with Crippen LogP contribution < -0.4 is 10.4 Å². The molecule has 1 aliphatic heterocycles. The van der Waals surface area contributed by atoms with Gasteiger partial charge < -0.3 is 18.5 Å². The zero-order valence-electron chi connectivity index (χ0n) is 14.7. The lowest BCUT2D eigenvalue weighted by Gasteiger charge is -2.16. The summed E-state index contributed by atoms with van der Waals surface area (Å²) >= 11 is 1.29. The van der Waals surface area contributed by atoms with E-state index in [1.54, 1.807) is 17.9 Å². The Morgan fingerprint density at radius 1 is 1.33 bits per heavy atom. The maximum absolute atomic E-state index is 12.5. The average Bonchev–Trinajstić information content (AvgIpc) is 3.25. The SMILES string of the molecule is Cc1cc(OC2CCN(C(=O)CSc3nc4ccccc4o3)C2)cc(=O)o1. The van der Waals surface area contributed by atoms with Crippen molar-refractivity contribution in [3.05, 3.63) is 52.6 Å². The molecule has 0 N–H and O–H groups in total. The van der Waals surface area contributed by atoms with E-state index < -0.39 is 5.63 Å². The summed E-state index contributed by atoms with van der Waals surface area (Å²) in [6.45, 7) is 2.81. The molecule has 0 spiro atoms. The van der Waals surface area contributed by atoms with Gasteiger partial charge in [0.2, 0.25) is 5.91 Å². The number of carbonyl (C=O) groups excluding carboxylic acids is 1. The highest BCUT2D eigenvalue weighted by molar-refractivity contribution is 7.99. The number of hydrogen-bond acceptors (Lipinski definition) is 7. The first-order chi connectivity index (χ1) is 13.1. The molecule has 0 saturated carbocycles. The lowest BCUT2D eigenvalue weighted by Crippen LogP contribution is -2.32. The Labute approximate surface area is 159 Å². The van der Waals surface area contributed by atoms with Gasteiger partial charge in [-0.25, -0.2) is 9.78 Å². The van der Waals surface area contributed by atoms with Crippen LogP contribution in [-0.4, -0.2) is 40.7 Å². The smallest absolute Gasteiger partial charge is 0.339 e. The van der Waals surface area contributed by atoms with Gasteiger partial charge >= 0.3 is 5.63 Å². The van der Waals surface area contributed by atoms with Crippen molar-refractivity contribution in [1.29, 1.82) is 0 Å². The van der Waals surface area contributed by atoms with Crippen molar-refractivity contribution in [2.24, 2.45) is 0 Å². The van der Waals surface area contributed by atoms with Crippen LogP contribution in [0.25, 0.3) is 11.1 Å². The van der Waals surface area contributed by atoms with Crippen molar-refractivity contribution in [1.82, 2.24) is 9.88 Å². The zero-order valence-corrected chi connectivity index (χ0v) is 15.5. The number of amides is 1. The molecule has 140 valence electrons. The minimum absolute atomic E-state index is 0.0112. The van der Waals surface area contributed by atoms with Gasteiger partial charge in [0.25, 0.3) is 5.22 Å². The molecule has 3 aromatic rings. The van der Waals surface area contributed by atoms with Gasteiger partial charge in [-0.15, -0.1) is 0 Å². The molecule has 1 aromatic carbocycles. The third kappa shape index (κ3) is 4.16. The Balaban J connectivity index is 1.31. The lowest BCUT2D eigenvalue weighted by molar-refractivity contribution is -0.127. The highest BCUT2D eigenvalue weighted by Gasteiger charge is 2.28. The number of hydrogen-bond donors (Lipinski definition) is 0. The molecule has 1 unspecified atom stereocenters. The van der Waals surface area contributed by atoms with Gasteiger partial charge in [0.05, 0.1) is 18.4 Å². The second-order valence-electron chi connectivity index (χ2n) is 6.33. The summed E-state index contributed by atoms with van der Waals surface area (Å²) in [7, 11) is 0. The summed E-state index contributed by atoms with van der Waals surface area (Å²) in [5.41, 5.74) is 1.06. The van der Waals surface area contributed by atoms with Gasteiger partial charge in [0.1, 0.15) is 23.1 Å². The summed E-state index contributed by atoms with van der Waals surface area (Å²) in [4.78, 5) is 30.0. The van der Waals surface area contributed by atoms with Crippen LogP contribution in [0, 0.1) is 6.92 Å². The predicted molar refractivity (Wildman–Crippen MR) is 100 cm³/mol. The van der Waals surface area contributed by atoms with E-state index in [4.69, 9.17) is 13.6 Å². The number of aryl methyl sites for hydroxylation is 1. The number of ether oxygens (including phenoxy) is 1. The van der Waals surface area contributed by atoms with E-state index >= 15 is 0 Å². The van der Waals surface area contributed by atoms with Crippen LogP contribution in [0.5, 0.6) is 5.75 Å². The third-order valence-corrected chi connectivity index (χ3v) is 5.07. The Morgan fingerprint density at radius 3 is 3.00 bits per heavy atom. The van der Waals surface area contributed by atoms with Crippen molar-refractivity contribution in [2.45, 2.75) is 24.7 Å². The van der Waals surface area contributed by atoms with Gasteiger partial charge in [-0.05, 0) is 19.1 Å². The summed E-state index contributed by atoms with van der Waals surface area (Å²) in [5, 5.41) is 0.489. The van der Waals surface area contributed by atoms with E-state index in [2.05, 4.69) is 4.98 Å². The maximum atomic E-state index is 12.5. The number of fused-ring (bicyclic) bond motifs is 1. The first-order valence-electron chi connectivity index (χ1n) is 8.61. The summed E-state index contributed by atoms with van der Waals surface area (Å²) < 4.78 is 16.4. The fourth-order valence-corrected chi connectivity index (χ4v) is 3.76. The number of benzene rings is 1. The van der Waals surface area contributed by atoms with Gasteiger partial charge in [-0.3, -0.25) is 4.79 Å². The van der Waals surface area contributed by atoms with Crippen LogP contribution >= 0.6 is 11.8 Å². The van der Waals surface area contributed by atoms with E-state index in [1.165, 1.54) is 17.8 Å². The first-order valence-corrected chi connectivity index (χ1v) is 9.60. The fourth-order valence-electron chi connectivity index (χ4n) is 3.01. The topological polar surface area (TPSA) is 85.8 Å². The van der Waals surface area contributed by atoms with Gasteiger partial charge in [-0.1, -0.05) is 23.9 Å². The predicted octanol–water partition coefficient (Wildman–Crippen LogP) is 2.86. The fraction of sp³-hybridized carbons (Fsp3) is 0.316. The third-order valence-electron chi connectivity index (χ3n) is 4.26. The molecule has 7 nitrogen and oxygen atoms in total. The molecule has 1 fully saturated rings. The molecule has 27 heavy (non-hydrogen) atoms. The van der Waals surface area contributed by atoms with Crippen LogP contribution in [0.3, 0.4) is 0 Å². The second-order valence-corrected chi connectivity index (χ2v) is 7.25. The van der Waals surface area contributed by atoms with E-state index in [0.717, 1.165) is 11.9 Å². The number of rotatable bonds is 5. The maximum Gasteiger partial charge on any atom is 0.339 e. The number of carbonyl (C=O) groups is 1. The van der Waals surface area contributed by atoms with Gasteiger partial charge in [-0.2, -0.15) is 0 Å². The van der Waals surface area contributed by atoms with Crippen LogP contribution in [0.2, 0.25) is 0 Å². The van der Waals surface area contributed by atoms with Crippen molar-refractivity contribution >= 4 is 28.8 Å². The second kappa shape index (κ2) is 7.48. The Hall–Kier alpha value is -2.74. The Kier molecular flexibility index (Phi) is 4.89. The molecule has 1 aliphatic rings. The van der Waals surface area contributed by atoms with E-state index in [1.807, 2.05) is 24.3 Å². The molecular formula is C19H18N2O5S. The first kappa shape index (κ1) is 17.7. The molecule has 2 aromatic heterocycles. The molecule has 3 heterocycles. The van der Waals surface area contributed by atoms with Crippen molar-refractivity contribution in [3.63, 3.8) is 0 Å². The standard InChI is InChI=1S/C19H18N2O5S/c1-12-8-14(9-18(23)24-12)25-13-6-7-21(10-13)17(22)11-27-19-20-15-4-2-3-5-16(15)26-19/h2-5,8-9,13H,6-7,10-11H2,1H3. The monoisotopic (exact) mass is 386 g/mol.